The lowest BCUT2D eigenvalue weighted by atomic mass is 9.98. The second-order valence-electron chi connectivity index (χ2n) is 4.46. The highest BCUT2D eigenvalue weighted by molar-refractivity contribution is 6.31. The molecule has 0 saturated carbocycles. The van der Waals surface area contributed by atoms with Crippen LogP contribution in [-0.2, 0) is 0 Å². The zero-order valence-corrected chi connectivity index (χ0v) is 10.4. The van der Waals surface area contributed by atoms with Crippen LogP contribution in [0.5, 0.6) is 0 Å². The maximum absolute atomic E-state index is 11.0. The van der Waals surface area contributed by atoms with Gasteiger partial charge in [0.1, 0.15) is 0 Å². The standard InChI is InChI=1S/C13H16ClNO2/c14-12-4-3-11(9-17)13(6-12)15-5-1-2-10(7-15)8-16/h3-4,6,9-10,16H,1-2,5,7-8H2. The van der Waals surface area contributed by atoms with E-state index in [1.165, 1.54) is 0 Å². The lowest BCUT2D eigenvalue weighted by Gasteiger charge is -2.34. The van der Waals surface area contributed by atoms with E-state index in [0.717, 1.165) is 37.9 Å². The van der Waals surface area contributed by atoms with E-state index >= 15 is 0 Å². The summed E-state index contributed by atoms with van der Waals surface area (Å²) in [6.45, 7) is 1.91. The molecule has 2 rings (SSSR count). The Balaban J connectivity index is 2.25. The fraction of sp³-hybridized carbons (Fsp3) is 0.462. The number of nitrogens with zero attached hydrogens (tertiary/aromatic N) is 1. The van der Waals surface area contributed by atoms with Crippen molar-refractivity contribution in [2.45, 2.75) is 12.8 Å². The third-order valence-corrected chi connectivity index (χ3v) is 3.47. The first-order chi connectivity index (χ1) is 8.24. The number of hydrogen-bond acceptors (Lipinski definition) is 3. The van der Waals surface area contributed by atoms with Crippen LogP contribution >= 0.6 is 11.6 Å². The molecule has 3 nitrogen and oxygen atoms in total. The van der Waals surface area contributed by atoms with E-state index in [4.69, 9.17) is 11.6 Å². The van der Waals surface area contributed by atoms with Gasteiger partial charge in [0.05, 0.1) is 0 Å². The van der Waals surface area contributed by atoms with E-state index in [2.05, 4.69) is 4.90 Å². The number of benzene rings is 1. The average molecular weight is 254 g/mol. The van der Waals surface area contributed by atoms with Crippen LogP contribution in [0.25, 0.3) is 0 Å². The summed E-state index contributed by atoms with van der Waals surface area (Å²) in [5.41, 5.74) is 1.54. The van der Waals surface area contributed by atoms with E-state index in [9.17, 15) is 9.90 Å². The summed E-state index contributed by atoms with van der Waals surface area (Å²) in [5.74, 6) is 0.294. The third-order valence-electron chi connectivity index (χ3n) is 3.24. The summed E-state index contributed by atoms with van der Waals surface area (Å²) >= 11 is 5.97. The van der Waals surface area contributed by atoms with Crippen molar-refractivity contribution in [2.24, 2.45) is 5.92 Å². The molecule has 0 radical (unpaired) electrons. The minimum absolute atomic E-state index is 0.202. The topological polar surface area (TPSA) is 40.5 Å². The molecule has 0 bridgehead atoms. The number of carbonyl (C=O) groups excluding carboxylic acids is 1. The molecule has 1 aromatic rings. The first-order valence-electron chi connectivity index (χ1n) is 5.85. The minimum Gasteiger partial charge on any atom is -0.396 e. The molecule has 1 aliphatic rings. The van der Waals surface area contributed by atoms with Crippen molar-refractivity contribution in [3.8, 4) is 0 Å². The van der Waals surface area contributed by atoms with Crippen molar-refractivity contribution in [1.82, 2.24) is 0 Å². The number of carbonyl (C=O) groups is 1. The van der Waals surface area contributed by atoms with Crippen molar-refractivity contribution >= 4 is 23.6 Å². The summed E-state index contributed by atoms with van der Waals surface area (Å²) in [5, 5.41) is 9.85. The smallest absolute Gasteiger partial charge is 0.152 e. The predicted octanol–water partition coefficient (Wildman–Crippen LogP) is 2.36. The van der Waals surface area contributed by atoms with Gasteiger partial charge >= 0.3 is 0 Å². The van der Waals surface area contributed by atoms with Gasteiger partial charge in [-0.15, -0.1) is 0 Å². The van der Waals surface area contributed by atoms with Crippen molar-refractivity contribution in [3.63, 3.8) is 0 Å². The monoisotopic (exact) mass is 253 g/mol. The second kappa shape index (κ2) is 5.52. The van der Waals surface area contributed by atoms with Gasteiger partial charge in [0.2, 0.25) is 0 Å². The molecular weight excluding hydrogens is 238 g/mol. The number of hydrogen-bond donors (Lipinski definition) is 1. The fourth-order valence-electron chi connectivity index (χ4n) is 2.32. The normalized spacial score (nSPS) is 20.4. The zero-order chi connectivity index (χ0) is 12.3. The summed E-state index contributed by atoms with van der Waals surface area (Å²) in [4.78, 5) is 13.2. The molecular formula is C13H16ClNO2. The molecule has 1 fully saturated rings. The van der Waals surface area contributed by atoms with E-state index in [1.54, 1.807) is 12.1 Å². The molecule has 17 heavy (non-hydrogen) atoms. The third kappa shape index (κ3) is 2.79. The van der Waals surface area contributed by atoms with E-state index in [1.807, 2.05) is 6.07 Å². The van der Waals surface area contributed by atoms with Crippen molar-refractivity contribution in [3.05, 3.63) is 28.8 Å². The molecule has 1 saturated heterocycles. The molecule has 1 N–H and O–H groups in total. The van der Waals surface area contributed by atoms with E-state index in [0.29, 0.717) is 16.5 Å². The van der Waals surface area contributed by atoms with Gasteiger partial charge in [-0.2, -0.15) is 0 Å². The van der Waals surface area contributed by atoms with Crippen LogP contribution in [0.4, 0.5) is 5.69 Å². The minimum atomic E-state index is 0.202. The van der Waals surface area contributed by atoms with Crippen molar-refractivity contribution < 1.29 is 9.90 Å². The van der Waals surface area contributed by atoms with Crippen LogP contribution in [0.15, 0.2) is 18.2 Å². The van der Waals surface area contributed by atoms with Gasteiger partial charge < -0.3 is 10.0 Å². The highest BCUT2D eigenvalue weighted by atomic mass is 35.5. The lowest BCUT2D eigenvalue weighted by molar-refractivity contribution is 0.112. The van der Waals surface area contributed by atoms with Gasteiger partial charge in [-0.05, 0) is 37.0 Å². The predicted molar refractivity (Wildman–Crippen MR) is 68.9 cm³/mol. The molecule has 1 atom stereocenters. The Bertz CT molecular complexity index is 408. The van der Waals surface area contributed by atoms with Gasteiger partial charge in [-0.3, -0.25) is 4.79 Å². The Morgan fingerprint density at radius 1 is 1.53 bits per heavy atom. The lowest BCUT2D eigenvalue weighted by Crippen LogP contribution is -2.37. The molecule has 1 unspecified atom stereocenters. The summed E-state index contributed by atoms with van der Waals surface area (Å²) in [6, 6.07) is 5.29. The fourth-order valence-corrected chi connectivity index (χ4v) is 2.49. The van der Waals surface area contributed by atoms with E-state index in [-0.39, 0.29) is 6.61 Å². The first kappa shape index (κ1) is 12.4. The maximum atomic E-state index is 11.0. The van der Waals surface area contributed by atoms with Gasteiger partial charge in [0.25, 0.3) is 0 Å². The summed E-state index contributed by atoms with van der Waals surface area (Å²) < 4.78 is 0. The Labute approximate surface area is 106 Å². The maximum Gasteiger partial charge on any atom is 0.152 e. The van der Waals surface area contributed by atoms with Crippen LogP contribution in [0.2, 0.25) is 5.02 Å². The number of aldehydes is 1. The highest BCUT2D eigenvalue weighted by Crippen LogP contribution is 2.28. The highest BCUT2D eigenvalue weighted by Gasteiger charge is 2.21. The molecule has 0 amide bonds. The van der Waals surface area contributed by atoms with Crippen LogP contribution < -0.4 is 4.90 Å². The molecule has 1 aliphatic heterocycles. The number of aliphatic hydroxyl groups excluding tert-OH is 1. The Morgan fingerprint density at radius 2 is 2.35 bits per heavy atom. The summed E-state index contributed by atoms with van der Waals surface area (Å²) in [7, 11) is 0. The van der Waals surface area contributed by atoms with Gasteiger partial charge in [-0.25, -0.2) is 0 Å². The molecule has 1 aromatic carbocycles. The van der Waals surface area contributed by atoms with Crippen molar-refractivity contribution in [1.29, 1.82) is 0 Å². The molecule has 4 heteroatoms. The first-order valence-corrected chi connectivity index (χ1v) is 6.23. The van der Waals surface area contributed by atoms with Crippen LogP contribution in [-0.4, -0.2) is 31.1 Å². The quantitative estimate of drug-likeness (QED) is 0.841. The van der Waals surface area contributed by atoms with Crippen LogP contribution in [0.1, 0.15) is 23.2 Å². The van der Waals surface area contributed by atoms with E-state index < -0.39 is 0 Å². The molecule has 1 heterocycles. The molecule has 0 aromatic heterocycles. The van der Waals surface area contributed by atoms with Crippen LogP contribution in [0, 0.1) is 5.92 Å². The largest absolute Gasteiger partial charge is 0.396 e. The Hall–Kier alpha value is -1.06. The SMILES string of the molecule is O=Cc1ccc(Cl)cc1N1CCCC(CO)C1. The van der Waals surface area contributed by atoms with Crippen LogP contribution in [0.3, 0.4) is 0 Å². The van der Waals surface area contributed by atoms with Gasteiger partial charge in [0, 0.05) is 36.0 Å². The number of anilines is 1. The van der Waals surface area contributed by atoms with Crippen molar-refractivity contribution in [2.75, 3.05) is 24.6 Å². The van der Waals surface area contributed by atoms with Gasteiger partial charge in [-0.1, -0.05) is 11.6 Å². The van der Waals surface area contributed by atoms with Gasteiger partial charge in [0.15, 0.2) is 6.29 Å². The Kier molecular flexibility index (Phi) is 4.02. The zero-order valence-electron chi connectivity index (χ0n) is 9.60. The molecule has 92 valence electrons. The second-order valence-corrected chi connectivity index (χ2v) is 4.89. The number of halogens is 1. The Morgan fingerprint density at radius 3 is 3.06 bits per heavy atom. The number of aliphatic hydroxyl groups is 1. The molecule has 0 spiro atoms. The molecule has 0 aliphatic carbocycles. The number of rotatable bonds is 3. The number of piperidine rings is 1. The summed E-state index contributed by atoms with van der Waals surface area (Å²) in [6.07, 6.45) is 2.94. The average Bonchev–Trinajstić information content (AvgIpc) is 2.39.